The molecule has 17 heavy (non-hydrogen) atoms. The molecule has 0 heterocycles. The fraction of sp³-hybridized carbons (Fsp3) is 0.500. The number of rotatable bonds is 6. The highest BCUT2D eigenvalue weighted by Crippen LogP contribution is 2.49. The maximum absolute atomic E-state index is 12.6. The first-order valence-electron chi connectivity index (χ1n) is 5.61. The van der Waals surface area contributed by atoms with Crippen molar-refractivity contribution in [3.8, 4) is 5.75 Å². The van der Waals surface area contributed by atoms with Crippen molar-refractivity contribution < 1.29 is 18.3 Å². The predicted octanol–water partition coefficient (Wildman–Crippen LogP) is 2.90. The quantitative estimate of drug-likeness (QED) is 0.736. The highest BCUT2D eigenvalue weighted by atomic mass is 31.2. The fourth-order valence-electron chi connectivity index (χ4n) is 1.53. The minimum Gasteiger partial charge on any atom is -0.496 e. The summed E-state index contributed by atoms with van der Waals surface area (Å²) in [5.41, 5.74) is 0.987. The van der Waals surface area contributed by atoms with Gasteiger partial charge >= 0.3 is 7.60 Å². The van der Waals surface area contributed by atoms with E-state index in [1.807, 2.05) is 13.0 Å². The summed E-state index contributed by atoms with van der Waals surface area (Å²) in [5.74, 6) is 0.529. The van der Waals surface area contributed by atoms with Gasteiger partial charge in [0.25, 0.3) is 0 Å². The number of aryl methyl sites for hydroxylation is 1. The van der Waals surface area contributed by atoms with Gasteiger partial charge in [-0.25, -0.2) is 0 Å². The Morgan fingerprint density at radius 2 is 1.76 bits per heavy atom. The van der Waals surface area contributed by atoms with E-state index in [0.29, 0.717) is 24.3 Å². The average Bonchev–Trinajstić information content (AvgIpc) is 2.29. The summed E-state index contributed by atoms with van der Waals surface area (Å²) in [7, 11) is -1.74. The summed E-state index contributed by atoms with van der Waals surface area (Å²) in [4.78, 5) is 0. The Hall–Kier alpha value is -0.830. The maximum Gasteiger partial charge on any atom is 0.365 e. The molecule has 96 valence electrons. The van der Waals surface area contributed by atoms with Gasteiger partial charge in [0.2, 0.25) is 0 Å². The normalized spacial score (nSPS) is 11.5. The second-order valence-corrected chi connectivity index (χ2v) is 5.50. The molecule has 0 fully saturated rings. The molecule has 1 aromatic carbocycles. The maximum atomic E-state index is 12.6. The summed E-state index contributed by atoms with van der Waals surface area (Å²) in [5, 5.41) is 0.490. The van der Waals surface area contributed by atoms with Crippen LogP contribution in [0.5, 0.6) is 5.75 Å². The molecule has 0 atom stereocenters. The van der Waals surface area contributed by atoms with E-state index in [-0.39, 0.29) is 0 Å². The van der Waals surface area contributed by atoms with Gasteiger partial charge in [-0.15, -0.1) is 0 Å². The Morgan fingerprint density at radius 3 is 2.24 bits per heavy atom. The molecule has 0 aliphatic heterocycles. The summed E-state index contributed by atoms with van der Waals surface area (Å²) in [6.07, 6.45) is 0. The highest BCUT2D eigenvalue weighted by Gasteiger charge is 2.30. The Labute approximate surface area is 102 Å². The molecule has 0 saturated carbocycles. The first-order chi connectivity index (χ1) is 8.07. The van der Waals surface area contributed by atoms with E-state index in [2.05, 4.69) is 0 Å². The van der Waals surface area contributed by atoms with Gasteiger partial charge in [-0.3, -0.25) is 4.57 Å². The zero-order chi connectivity index (χ0) is 12.9. The Morgan fingerprint density at radius 1 is 1.18 bits per heavy atom. The van der Waals surface area contributed by atoms with E-state index in [1.54, 1.807) is 26.0 Å². The minimum atomic E-state index is -3.28. The number of methoxy groups -OCH3 is 1. The standard InChI is InChI=1S/C12H19O4P/c1-5-15-17(13,16-6-2)12-9-10(3)7-8-11(12)14-4/h7-9H,5-6H2,1-4H3. The molecule has 0 aliphatic rings. The lowest BCUT2D eigenvalue weighted by Gasteiger charge is -2.19. The summed E-state index contributed by atoms with van der Waals surface area (Å²) >= 11 is 0. The second-order valence-electron chi connectivity index (χ2n) is 3.51. The van der Waals surface area contributed by atoms with Crippen molar-refractivity contribution in [2.45, 2.75) is 20.8 Å². The molecule has 4 nitrogen and oxygen atoms in total. The molecular formula is C12H19O4P. The molecule has 0 saturated heterocycles. The van der Waals surface area contributed by atoms with Crippen molar-refractivity contribution in [1.82, 2.24) is 0 Å². The van der Waals surface area contributed by atoms with E-state index in [4.69, 9.17) is 13.8 Å². The lowest BCUT2D eigenvalue weighted by atomic mass is 10.2. The first-order valence-corrected chi connectivity index (χ1v) is 7.16. The van der Waals surface area contributed by atoms with Gasteiger partial charge in [0, 0.05) is 0 Å². The predicted molar refractivity (Wildman–Crippen MR) is 68.2 cm³/mol. The van der Waals surface area contributed by atoms with Crippen molar-refractivity contribution in [3.63, 3.8) is 0 Å². The third-order valence-corrected chi connectivity index (χ3v) is 4.36. The van der Waals surface area contributed by atoms with Gasteiger partial charge in [-0.05, 0) is 38.5 Å². The number of ether oxygens (including phenoxy) is 1. The molecule has 0 radical (unpaired) electrons. The summed E-state index contributed by atoms with van der Waals surface area (Å²) < 4.78 is 28.4. The van der Waals surface area contributed by atoms with Crippen molar-refractivity contribution in [2.24, 2.45) is 0 Å². The molecule has 5 heteroatoms. The van der Waals surface area contributed by atoms with Gasteiger partial charge in [-0.2, -0.15) is 0 Å². The van der Waals surface area contributed by atoms with Gasteiger partial charge in [0.15, 0.2) is 0 Å². The summed E-state index contributed by atoms with van der Waals surface area (Å²) in [6.45, 7) is 6.15. The summed E-state index contributed by atoms with van der Waals surface area (Å²) in [6, 6.07) is 5.45. The van der Waals surface area contributed by atoms with Gasteiger partial charge in [0.05, 0.1) is 20.3 Å². The SMILES string of the molecule is CCOP(=O)(OCC)c1cc(C)ccc1OC. The zero-order valence-electron chi connectivity index (χ0n) is 10.7. The molecule has 0 N–H and O–H groups in total. The topological polar surface area (TPSA) is 44.8 Å². The Bertz CT molecular complexity index is 407. The van der Waals surface area contributed by atoms with Gasteiger partial charge < -0.3 is 13.8 Å². The molecule has 1 aromatic rings. The molecule has 0 aromatic heterocycles. The number of hydrogen-bond donors (Lipinski definition) is 0. The minimum absolute atomic E-state index is 0.328. The third-order valence-electron chi connectivity index (χ3n) is 2.23. The molecule has 0 spiro atoms. The number of benzene rings is 1. The fourth-order valence-corrected chi connectivity index (χ4v) is 3.36. The van der Waals surface area contributed by atoms with Crippen LogP contribution < -0.4 is 10.0 Å². The first kappa shape index (κ1) is 14.2. The smallest absolute Gasteiger partial charge is 0.365 e. The van der Waals surface area contributed by atoms with E-state index in [0.717, 1.165) is 5.56 Å². The monoisotopic (exact) mass is 258 g/mol. The molecular weight excluding hydrogens is 239 g/mol. The van der Waals surface area contributed by atoms with Crippen molar-refractivity contribution in [2.75, 3.05) is 20.3 Å². The van der Waals surface area contributed by atoms with E-state index in [9.17, 15) is 4.57 Å². The highest BCUT2D eigenvalue weighted by molar-refractivity contribution is 7.62. The van der Waals surface area contributed by atoms with E-state index in [1.165, 1.54) is 7.11 Å². The van der Waals surface area contributed by atoms with Crippen LogP contribution in [0.2, 0.25) is 0 Å². The number of hydrogen-bond acceptors (Lipinski definition) is 4. The van der Waals surface area contributed by atoms with E-state index < -0.39 is 7.60 Å². The van der Waals surface area contributed by atoms with E-state index >= 15 is 0 Å². The van der Waals surface area contributed by atoms with Crippen molar-refractivity contribution in [3.05, 3.63) is 23.8 Å². The van der Waals surface area contributed by atoms with Gasteiger partial charge in [0.1, 0.15) is 11.1 Å². The zero-order valence-corrected chi connectivity index (χ0v) is 11.6. The third kappa shape index (κ3) is 3.32. The van der Waals surface area contributed by atoms with Crippen molar-refractivity contribution >= 4 is 12.9 Å². The largest absolute Gasteiger partial charge is 0.496 e. The van der Waals surface area contributed by atoms with Crippen molar-refractivity contribution in [1.29, 1.82) is 0 Å². The average molecular weight is 258 g/mol. The van der Waals surface area contributed by atoms with Crippen LogP contribution in [0.3, 0.4) is 0 Å². The lowest BCUT2D eigenvalue weighted by Crippen LogP contribution is -2.14. The molecule has 0 amide bonds. The van der Waals surface area contributed by atoms with Crippen LogP contribution in [0.4, 0.5) is 0 Å². The lowest BCUT2D eigenvalue weighted by molar-refractivity contribution is 0.229. The van der Waals surface area contributed by atoms with Crippen LogP contribution >= 0.6 is 7.60 Å². The van der Waals surface area contributed by atoms with Crippen LogP contribution in [0.1, 0.15) is 19.4 Å². The van der Waals surface area contributed by atoms with Gasteiger partial charge in [-0.1, -0.05) is 6.07 Å². The molecule has 0 bridgehead atoms. The van der Waals surface area contributed by atoms with Crippen LogP contribution in [0.15, 0.2) is 18.2 Å². The molecule has 0 aliphatic carbocycles. The van der Waals surface area contributed by atoms with Crippen LogP contribution in [0.25, 0.3) is 0 Å². The Kier molecular flexibility index (Phi) is 5.19. The Balaban J connectivity index is 3.25. The second kappa shape index (κ2) is 6.20. The van der Waals surface area contributed by atoms with Crippen LogP contribution in [-0.2, 0) is 13.6 Å². The van der Waals surface area contributed by atoms with Crippen LogP contribution in [-0.4, -0.2) is 20.3 Å². The van der Waals surface area contributed by atoms with Crippen LogP contribution in [0, 0.1) is 6.92 Å². The molecule has 1 rings (SSSR count). The molecule has 0 unspecified atom stereocenters.